The van der Waals surface area contributed by atoms with Crippen molar-refractivity contribution in [2.24, 2.45) is 10.7 Å². The molecule has 5 aromatic rings. The van der Waals surface area contributed by atoms with Gasteiger partial charge in [0.1, 0.15) is 11.7 Å². The van der Waals surface area contributed by atoms with Crippen LogP contribution >= 0.6 is 71.0 Å². The Hall–Kier alpha value is -3.47. The van der Waals surface area contributed by atoms with Crippen molar-refractivity contribution in [1.82, 2.24) is 9.55 Å². The fraction of sp³-hybridized carbons (Fsp3) is 0.179. The van der Waals surface area contributed by atoms with Gasteiger partial charge in [0, 0.05) is 43.7 Å². The van der Waals surface area contributed by atoms with Gasteiger partial charge in [0.2, 0.25) is 5.78 Å². The summed E-state index contributed by atoms with van der Waals surface area (Å²) in [6, 6.07) is 31.5. The number of carbonyl (C=O) groups excluding carboxylic acids is 5. The van der Waals surface area contributed by atoms with Crippen LogP contribution in [0.1, 0.15) is 36.5 Å². The molecule has 0 fully saturated rings. The van der Waals surface area contributed by atoms with Crippen molar-refractivity contribution in [2.45, 2.75) is 33.1 Å². The number of rotatable bonds is 11. The number of carbonyl (C=O) groups is 3. The number of alkyl halides is 1. The van der Waals surface area contributed by atoms with Crippen LogP contribution in [-0.2, 0) is 52.9 Å². The van der Waals surface area contributed by atoms with Gasteiger partial charge in [-0.3, -0.25) is 9.59 Å². The van der Waals surface area contributed by atoms with E-state index in [0.717, 1.165) is 60.8 Å². The van der Waals surface area contributed by atoms with Gasteiger partial charge in [-0.25, -0.2) is 14.8 Å². The van der Waals surface area contributed by atoms with E-state index < -0.39 is 11.8 Å². The molecule has 296 valence electrons. The van der Waals surface area contributed by atoms with Crippen LogP contribution in [0.2, 0.25) is 10.0 Å². The maximum absolute atomic E-state index is 10.4. The second-order valence-electron chi connectivity index (χ2n) is 10.5. The topological polar surface area (TPSA) is 183 Å². The molecular formula is C39H36Br3Cl2N4NaO8. The Labute approximate surface area is 387 Å². The summed E-state index contributed by atoms with van der Waals surface area (Å²) in [7, 11) is 0. The summed E-state index contributed by atoms with van der Waals surface area (Å²) in [5.41, 5.74) is 11.0. The molecule has 0 saturated heterocycles. The number of benzene rings is 4. The van der Waals surface area contributed by atoms with E-state index in [4.69, 9.17) is 53.6 Å². The number of halogens is 5. The van der Waals surface area contributed by atoms with Gasteiger partial charge in [-0.1, -0.05) is 114 Å². The van der Waals surface area contributed by atoms with Gasteiger partial charge in [-0.15, -0.1) is 0 Å². The Morgan fingerprint density at radius 2 is 1.39 bits per heavy atom. The van der Waals surface area contributed by atoms with Crippen molar-refractivity contribution < 1.29 is 68.4 Å². The molecule has 0 aliphatic carbocycles. The molecular weight excluding hydrogens is 986 g/mol. The van der Waals surface area contributed by atoms with Gasteiger partial charge in [-0.05, 0) is 85.1 Å². The Morgan fingerprint density at radius 3 is 1.84 bits per heavy atom. The van der Waals surface area contributed by atoms with Crippen LogP contribution in [0.4, 0.5) is 5.69 Å². The number of hydrogen-bond donors (Lipinski definition) is 1. The normalized spacial score (nSPS) is 9.72. The maximum atomic E-state index is 10.4. The molecule has 0 spiro atoms. The van der Waals surface area contributed by atoms with Crippen LogP contribution in [0, 0.1) is 0 Å². The minimum atomic E-state index is -0.769. The van der Waals surface area contributed by atoms with Crippen LogP contribution in [0.5, 0.6) is 0 Å². The van der Waals surface area contributed by atoms with Gasteiger partial charge >= 0.3 is 41.7 Å². The van der Waals surface area contributed by atoms with Crippen molar-refractivity contribution in [3.8, 4) is 5.69 Å². The number of nitrogens with two attached hydrogens (primary N) is 1. The van der Waals surface area contributed by atoms with E-state index >= 15 is 0 Å². The quantitative estimate of drug-likeness (QED) is 0.0214. The summed E-state index contributed by atoms with van der Waals surface area (Å²) < 4.78 is 8.61. The number of aromatic nitrogens is 2. The van der Waals surface area contributed by atoms with E-state index in [9.17, 15) is 9.59 Å². The summed E-state index contributed by atoms with van der Waals surface area (Å²) >= 11 is 22.1. The van der Waals surface area contributed by atoms with Crippen molar-refractivity contribution >= 4 is 107 Å². The zero-order valence-corrected chi connectivity index (χ0v) is 39.3. The Morgan fingerprint density at radius 1 is 0.895 bits per heavy atom. The average molecular weight is 1020 g/mol. The zero-order valence-electron chi connectivity index (χ0n) is 31.0. The molecule has 0 bridgehead atoms. The molecule has 0 atom stereocenters. The SMILES string of the molecule is CCOC(=O)C(=O)CBr.CCc1cn(-c2ccc(Br)cc2)c(Cc2ccccc2Cl)n1.NC(Cc1ccccc1Cl)=Nc1ccc(Br)cc1.O=C=O.O=CO[O-].[Na+]. The van der Waals surface area contributed by atoms with E-state index in [0.29, 0.717) is 17.3 Å². The second kappa shape index (κ2) is 31.5. The molecule has 0 saturated carbocycles. The Bertz CT molecular complexity index is 2030. The fourth-order valence-corrected chi connectivity index (χ4v) is 5.39. The number of nitrogens with zero attached hydrogens (tertiary/aromatic N) is 3. The van der Waals surface area contributed by atoms with Crippen LogP contribution in [-0.4, -0.2) is 51.7 Å². The third-order valence-electron chi connectivity index (χ3n) is 6.69. The van der Waals surface area contributed by atoms with E-state index in [-0.39, 0.29) is 54.1 Å². The molecule has 0 amide bonds. The predicted molar refractivity (Wildman–Crippen MR) is 223 cm³/mol. The first-order valence-corrected chi connectivity index (χ1v) is 19.7. The number of ether oxygens (including phenoxy) is 1. The molecule has 12 nitrogen and oxygen atoms in total. The van der Waals surface area contributed by atoms with Gasteiger partial charge in [0.15, 0.2) is 0 Å². The maximum Gasteiger partial charge on any atom is 1.00 e. The van der Waals surface area contributed by atoms with Gasteiger partial charge in [0.25, 0.3) is 6.47 Å². The molecule has 1 heterocycles. The number of aliphatic imine (C=N–C) groups is 1. The first kappa shape index (κ1) is 53.5. The first-order valence-electron chi connectivity index (χ1n) is 16.2. The van der Waals surface area contributed by atoms with E-state index in [1.54, 1.807) is 6.92 Å². The third kappa shape index (κ3) is 21.7. The number of aryl methyl sites for hydroxylation is 1. The summed E-state index contributed by atoms with van der Waals surface area (Å²) in [4.78, 5) is 57.4. The molecule has 1 aromatic heterocycles. The minimum Gasteiger partial charge on any atom is -0.662 e. The molecule has 0 aliphatic heterocycles. The Kier molecular flexibility index (Phi) is 29.6. The number of Topliss-reactive ketones (excluding diaryl/α,β-unsaturated/α-hetero) is 1. The van der Waals surface area contributed by atoms with Crippen molar-refractivity contribution in [2.75, 3.05) is 11.9 Å². The number of ketones is 1. The number of imidazole rings is 1. The zero-order chi connectivity index (χ0) is 41.9. The summed E-state index contributed by atoms with van der Waals surface area (Å²) in [5.74, 6) is 0.240. The van der Waals surface area contributed by atoms with Gasteiger partial charge in [0.05, 0.1) is 23.3 Å². The molecule has 18 heteroatoms. The number of hydrogen-bond acceptors (Lipinski definition) is 10. The van der Waals surface area contributed by atoms with Crippen LogP contribution < -0.4 is 40.5 Å². The summed E-state index contributed by atoms with van der Waals surface area (Å²) in [6.45, 7) is 3.84. The largest absolute Gasteiger partial charge is 1.00 e. The molecule has 4 aromatic carbocycles. The average Bonchev–Trinajstić information content (AvgIpc) is 3.61. The minimum absolute atomic E-state index is 0. The second-order valence-corrected chi connectivity index (χ2v) is 13.7. The fourth-order valence-electron chi connectivity index (χ4n) is 4.23. The predicted octanol–water partition coefficient (Wildman–Crippen LogP) is 5.14. The van der Waals surface area contributed by atoms with Crippen LogP contribution in [0.25, 0.3) is 5.69 Å². The summed E-state index contributed by atoms with van der Waals surface area (Å²) in [6.07, 6.45) is 4.54. The number of amidine groups is 1. The van der Waals surface area contributed by atoms with Crippen molar-refractivity contribution in [3.63, 3.8) is 0 Å². The van der Waals surface area contributed by atoms with E-state index in [1.807, 2.05) is 78.9 Å². The molecule has 0 radical (unpaired) electrons. The summed E-state index contributed by atoms with van der Waals surface area (Å²) in [5, 5.41) is 9.96. The van der Waals surface area contributed by atoms with E-state index in [2.05, 4.69) is 98.3 Å². The number of esters is 1. The monoisotopic (exact) mass is 1020 g/mol. The van der Waals surface area contributed by atoms with Crippen LogP contribution in [0.15, 0.2) is 117 Å². The molecule has 57 heavy (non-hydrogen) atoms. The van der Waals surface area contributed by atoms with Crippen LogP contribution in [0.3, 0.4) is 0 Å². The van der Waals surface area contributed by atoms with Crippen molar-refractivity contribution in [1.29, 1.82) is 0 Å². The smallest absolute Gasteiger partial charge is 0.662 e. The molecule has 5 rings (SSSR count). The standard InChI is InChI=1S/C18H16BrClN2.C14H12BrClN2.C5H7BrO3.CH2O3.CO2.Na/c1-2-15-12-22(16-9-7-14(19)8-10-16)18(21-15)11-13-5-3-4-6-17(13)20;15-11-5-7-12(8-6-11)18-14(17)9-10-3-1-2-4-13(10)16;1-2-9-5(8)4(7)3-6;2-1-4-3;2-1-3;/h3-10,12H,2,11H2,1H3;1-8H,9H2,(H2,17,18);2-3H2,1H3;1,3H;;/q;;;;;+1/p-1. The van der Waals surface area contributed by atoms with Gasteiger partial charge in [-0.2, -0.15) is 9.59 Å². The third-order valence-corrected chi connectivity index (χ3v) is 9.00. The first-order chi connectivity index (χ1) is 26.9. The van der Waals surface area contributed by atoms with Crippen molar-refractivity contribution in [3.05, 3.63) is 145 Å². The van der Waals surface area contributed by atoms with Gasteiger partial charge < -0.3 is 25.2 Å². The molecule has 0 aliphatic rings. The van der Waals surface area contributed by atoms with E-state index in [1.165, 1.54) is 0 Å². The molecule has 0 unspecified atom stereocenters. The molecule has 2 N–H and O–H groups in total. The Balaban J connectivity index is 0.000000803.